The molecule has 7 heteroatoms. The Bertz CT molecular complexity index is 349. The van der Waals surface area contributed by atoms with E-state index in [-0.39, 0.29) is 16.4 Å². The van der Waals surface area contributed by atoms with Crippen LogP contribution in [0, 0.1) is 0 Å². The first-order valence-electron chi connectivity index (χ1n) is 2.50. The van der Waals surface area contributed by atoms with Gasteiger partial charge in [0.2, 0.25) is 0 Å². The fourth-order valence-electron chi connectivity index (χ4n) is 0.605. The van der Waals surface area contributed by atoms with Crippen LogP contribution in [0.1, 0.15) is 0 Å². The SMILES string of the molecule is O=C=C1CN(S(=O)(=O)O)C1=O. The molecule has 0 aromatic rings. The smallest absolute Gasteiger partial charge is 0.269 e. The van der Waals surface area contributed by atoms with Gasteiger partial charge in [-0.25, -0.2) is 9.10 Å². The second kappa shape index (κ2) is 2.16. The van der Waals surface area contributed by atoms with Gasteiger partial charge in [-0.05, 0) is 0 Å². The Morgan fingerprint density at radius 2 is 2.09 bits per heavy atom. The molecule has 1 amide bonds. The third kappa shape index (κ3) is 1.16. The lowest BCUT2D eigenvalue weighted by Gasteiger charge is -2.26. The maximum atomic E-state index is 10.5. The second-order valence-corrected chi connectivity index (χ2v) is 3.21. The Morgan fingerprint density at radius 3 is 2.36 bits per heavy atom. The second-order valence-electron chi connectivity index (χ2n) is 1.87. The summed E-state index contributed by atoms with van der Waals surface area (Å²) in [5.74, 6) is 0.242. The summed E-state index contributed by atoms with van der Waals surface area (Å²) in [5.41, 5.74) is -0.275. The van der Waals surface area contributed by atoms with E-state index in [0.29, 0.717) is 0 Å². The molecule has 11 heavy (non-hydrogen) atoms. The van der Waals surface area contributed by atoms with Gasteiger partial charge in [-0.2, -0.15) is 8.42 Å². The summed E-state index contributed by atoms with van der Waals surface area (Å²) in [6.45, 7) is -0.388. The van der Waals surface area contributed by atoms with Crippen LogP contribution in [-0.4, -0.2) is 35.7 Å². The van der Waals surface area contributed by atoms with Gasteiger partial charge in [-0.3, -0.25) is 9.35 Å². The van der Waals surface area contributed by atoms with E-state index in [2.05, 4.69) is 0 Å². The first kappa shape index (κ1) is 7.93. The van der Waals surface area contributed by atoms with Crippen molar-refractivity contribution in [3.63, 3.8) is 0 Å². The maximum absolute atomic E-state index is 10.5. The van der Waals surface area contributed by atoms with Crippen molar-refractivity contribution in [2.45, 2.75) is 0 Å². The van der Waals surface area contributed by atoms with Crippen molar-refractivity contribution in [1.29, 1.82) is 0 Å². The van der Waals surface area contributed by atoms with Gasteiger partial charge in [0.05, 0.1) is 6.54 Å². The molecule has 6 nitrogen and oxygen atoms in total. The van der Waals surface area contributed by atoms with Crippen LogP contribution in [0.2, 0.25) is 0 Å². The van der Waals surface area contributed by atoms with E-state index in [1.165, 1.54) is 5.94 Å². The molecule has 1 heterocycles. The minimum Gasteiger partial charge on any atom is -0.269 e. The van der Waals surface area contributed by atoms with Crippen LogP contribution < -0.4 is 0 Å². The first-order chi connectivity index (χ1) is 4.96. The highest BCUT2D eigenvalue weighted by Crippen LogP contribution is 2.16. The summed E-state index contributed by atoms with van der Waals surface area (Å²) in [7, 11) is -4.47. The normalized spacial score (nSPS) is 17.7. The van der Waals surface area contributed by atoms with Gasteiger partial charge >= 0.3 is 10.3 Å². The standard InChI is InChI=1S/C4H3NO5S/c6-2-3-1-5(4(3)7)11(8,9)10/h1H2,(H,8,9,10). The molecule has 0 atom stereocenters. The average Bonchev–Trinajstić information content (AvgIpc) is 1.83. The Kier molecular flexibility index (Phi) is 1.56. The zero-order chi connectivity index (χ0) is 8.65. The molecule has 1 aliphatic rings. The van der Waals surface area contributed by atoms with E-state index in [1.807, 2.05) is 0 Å². The number of carbonyl (C=O) groups excluding carboxylic acids is 2. The molecular weight excluding hydrogens is 174 g/mol. The Balaban J connectivity index is 2.91. The van der Waals surface area contributed by atoms with Crippen LogP contribution in [-0.2, 0) is 19.9 Å². The quantitative estimate of drug-likeness (QED) is 0.225. The van der Waals surface area contributed by atoms with Crippen molar-refractivity contribution in [2.75, 3.05) is 6.54 Å². The predicted octanol–water partition coefficient (Wildman–Crippen LogP) is -1.61. The summed E-state index contributed by atoms with van der Waals surface area (Å²) in [5, 5.41) is 0. The molecule has 0 saturated carbocycles. The molecule has 0 aromatic carbocycles. The van der Waals surface area contributed by atoms with Crippen molar-refractivity contribution in [1.82, 2.24) is 4.31 Å². The van der Waals surface area contributed by atoms with Crippen LogP contribution in [0.4, 0.5) is 0 Å². The van der Waals surface area contributed by atoms with Crippen molar-refractivity contribution in [2.24, 2.45) is 0 Å². The topological polar surface area (TPSA) is 91.8 Å². The van der Waals surface area contributed by atoms with Gasteiger partial charge in [-0.1, -0.05) is 0 Å². The fraction of sp³-hybridized carbons (Fsp3) is 0.250. The minimum atomic E-state index is -4.47. The van der Waals surface area contributed by atoms with Crippen LogP contribution >= 0.6 is 0 Å². The third-order valence-electron chi connectivity index (χ3n) is 1.19. The van der Waals surface area contributed by atoms with E-state index in [1.54, 1.807) is 0 Å². The largest absolute Gasteiger partial charge is 0.362 e. The summed E-state index contributed by atoms with van der Waals surface area (Å²) < 4.78 is 28.8. The maximum Gasteiger partial charge on any atom is 0.362 e. The molecule has 60 valence electrons. The molecule has 0 unspecified atom stereocenters. The molecule has 1 saturated heterocycles. The number of hydrogen-bond acceptors (Lipinski definition) is 4. The van der Waals surface area contributed by atoms with Crippen LogP contribution in [0.15, 0.2) is 5.57 Å². The molecule has 0 aliphatic carbocycles. The van der Waals surface area contributed by atoms with Crippen LogP contribution in [0.25, 0.3) is 0 Å². The minimum absolute atomic E-state index is 0.174. The highest BCUT2D eigenvalue weighted by molar-refractivity contribution is 7.84. The molecule has 0 aromatic heterocycles. The molecular formula is C4H3NO5S. The highest BCUT2D eigenvalue weighted by atomic mass is 32.2. The van der Waals surface area contributed by atoms with Crippen molar-refractivity contribution in [3.8, 4) is 0 Å². The highest BCUT2D eigenvalue weighted by Gasteiger charge is 2.39. The van der Waals surface area contributed by atoms with Gasteiger partial charge in [-0.15, -0.1) is 0 Å². The molecule has 1 aliphatic heterocycles. The Labute approximate surface area is 62.0 Å². The lowest BCUT2D eigenvalue weighted by molar-refractivity contribution is -0.127. The van der Waals surface area contributed by atoms with E-state index in [4.69, 9.17) is 4.55 Å². The van der Waals surface area contributed by atoms with Gasteiger partial charge in [0.15, 0.2) is 0 Å². The lowest BCUT2D eigenvalue weighted by atomic mass is 10.2. The fourth-order valence-corrected chi connectivity index (χ4v) is 1.22. The number of nitrogens with zero attached hydrogens (tertiary/aromatic N) is 1. The zero-order valence-electron chi connectivity index (χ0n) is 5.14. The molecule has 1 rings (SSSR count). The van der Waals surface area contributed by atoms with Gasteiger partial charge < -0.3 is 0 Å². The monoisotopic (exact) mass is 177 g/mol. The number of hydrogen-bond donors (Lipinski definition) is 1. The van der Waals surface area contributed by atoms with Crippen LogP contribution in [0.5, 0.6) is 0 Å². The van der Waals surface area contributed by atoms with E-state index >= 15 is 0 Å². The number of amides is 1. The van der Waals surface area contributed by atoms with Gasteiger partial charge in [0.25, 0.3) is 5.91 Å². The molecule has 1 N–H and O–H groups in total. The molecule has 0 bridgehead atoms. The third-order valence-corrected chi connectivity index (χ3v) is 2.04. The van der Waals surface area contributed by atoms with Crippen molar-refractivity contribution < 1.29 is 22.6 Å². The Hall–Kier alpha value is -1.17. The average molecular weight is 177 g/mol. The van der Waals surface area contributed by atoms with Crippen molar-refractivity contribution in [3.05, 3.63) is 5.57 Å². The van der Waals surface area contributed by atoms with E-state index in [0.717, 1.165) is 0 Å². The molecule has 0 spiro atoms. The van der Waals surface area contributed by atoms with E-state index in [9.17, 15) is 18.0 Å². The van der Waals surface area contributed by atoms with Gasteiger partial charge in [0, 0.05) is 0 Å². The molecule has 0 radical (unpaired) electrons. The van der Waals surface area contributed by atoms with Gasteiger partial charge in [0.1, 0.15) is 11.5 Å². The summed E-state index contributed by atoms with van der Waals surface area (Å²) >= 11 is 0. The summed E-state index contributed by atoms with van der Waals surface area (Å²) in [6, 6.07) is 0. The first-order valence-corrected chi connectivity index (χ1v) is 3.90. The molecule has 1 fully saturated rings. The van der Waals surface area contributed by atoms with Crippen LogP contribution in [0.3, 0.4) is 0 Å². The lowest BCUT2D eigenvalue weighted by Crippen LogP contribution is -2.49. The van der Waals surface area contributed by atoms with Crippen molar-refractivity contribution >= 4 is 22.2 Å². The summed E-state index contributed by atoms with van der Waals surface area (Å²) in [4.78, 5) is 20.3. The number of β-lactam (4-membered cyclic amide) rings is 1. The zero-order valence-corrected chi connectivity index (χ0v) is 5.96. The predicted molar refractivity (Wildman–Crippen MR) is 32.5 cm³/mol. The summed E-state index contributed by atoms with van der Waals surface area (Å²) in [6.07, 6.45) is 0. The number of carbonyl (C=O) groups is 1. The Morgan fingerprint density at radius 1 is 1.55 bits per heavy atom. The number of rotatable bonds is 1. The van der Waals surface area contributed by atoms with E-state index < -0.39 is 16.2 Å².